The number of nitrogens with one attached hydrogen (secondary N) is 3. The van der Waals surface area contributed by atoms with Crippen molar-refractivity contribution in [3.8, 4) is 5.75 Å². The number of rotatable bonds is 7. The van der Waals surface area contributed by atoms with Crippen LogP contribution in [0.25, 0.3) is 0 Å². The summed E-state index contributed by atoms with van der Waals surface area (Å²) in [5.41, 5.74) is 2.17. The maximum Gasteiger partial charge on any atom is 0.258 e. The summed E-state index contributed by atoms with van der Waals surface area (Å²) >= 11 is 2.80. The molecule has 0 aliphatic heterocycles. The van der Waals surface area contributed by atoms with Crippen LogP contribution in [0.1, 0.15) is 58.2 Å². The average Bonchev–Trinajstić information content (AvgIpc) is 3.41. The summed E-state index contributed by atoms with van der Waals surface area (Å²) in [5, 5.41) is 24.8. The van der Waals surface area contributed by atoms with Crippen molar-refractivity contribution in [3.05, 3.63) is 46.1 Å². The van der Waals surface area contributed by atoms with E-state index in [-0.39, 0.29) is 23.3 Å². The molecule has 0 radical (unpaired) electrons. The highest BCUT2D eigenvalue weighted by molar-refractivity contribution is 7.99. The molecule has 10 heteroatoms. The van der Waals surface area contributed by atoms with Gasteiger partial charge >= 0.3 is 0 Å². The topological polar surface area (TPSA) is 120 Å². The first-order valence-electron chi connectivity index (χ1n) is 10.7. The molecule has 2 aliphatic carbocycles. The van der Waals surface area contributed by atoms with Crippen LogP contribution in [0.15, 0.2) is 29.4 Å². The van der Waals surface area contributed by atoms with E-state index < -0.39 is 0 Å². The number of nitrogens with zero attached hydrogens (tertiary/aromatic N) is 2. The molecule has 166 valence electrons. The number of aromatic nitrogens is 3. The predicted molar refractivity (Wildman–Crippen MR) is 125 cm³/mol. The van der Waals surface area contributed by atoms with Crippen LogP contribution in [0.4, 0.5) is 10.7 Å². The van der Waals surface area contributed by atoms with Crippen molar-refractivity contribution >= 4 is 45.6 Å². The monoisotopic (exact) mass is 469 g/mol. The van der Waals surface area contributed by atoms with Crippen LogP contribution in [-0.2, 0) is 17.6 Å². The van der Waals surface area contributed by atoms with E-state index in [0.717, 1.165) is 49.9 Å². The molecule has 0 unspecified atom stereocenters. The lowest BCUT2D eigenvalue weighted by Gasteiger charge is -2.13. The zero-order valence-electron chi connectivity index (χ0n) is 17.3. The van der Waals surface area contributed by atoms with Gasteiger partial charge in [0.05, 0.1) is 11.3 Å². The summed E-state index contributed by atoms with van der Waals surface area (Å²) in [7, 11) is 0. The molecule has 2 amide bonds. The molecule has 0 spiro atoms. The minimum absolute atomic E-state index is 0.136. The second-order valence-corrected chi connectivity index (χ2v) is 10.1. The summed E-state index contributed by atoms with van der Waals surface area (Å²) < 4.78 is 0. The van der Waals surface area contributed by atoms with Gasteiger partial charge in [0, 0.05) is 16.5 Å². The van der Waals surface area contributed by atoms with Gasteiger partial charge in [0.2, 0.25) is 5.91 Å². The molecule has 1 saturated carbocycles. The van der Waals surface area contributed by atoms with Crippen molar-refractivity contribution in [3.63, 3.8) is 0 Å². The normalized spacial score (nSPS) is 15.2. The van der Waals surface area contributed by atoms with Gasteiger partial charge in [-0.15, -0.1) is 21.5 Å². The van der Waals surface area contributed by atoms with E-state index in [1.807, 2.05) is 0 Å². The molecule has 0 atom stereocenters. The first-order chi connectivity index (χ1) is 15.6. The number of hydrogen-bond donors (Lipinski definition) is 4. The fourth-order valence-electron chi connectivity index (χ4n) is 3.79. The van der Waals surface area contributed by atoms with Gasteiger partial charge in [-0.1, -0.05) is 11.8 Å². The second-order valence-electron chi connectivity index (χ2n) is 8.04. The van der Waals surface area contributed by atoms with E-state index in [4.69, 9.17) is 0 Å². The number of aromatic hydroxyl groups is 1. The third kappa shape index (κ3) is 4.66. The van der Waals surface area contributed by atoms with Gasteiger partial charge in [0.15, 0.2) is 5.16 Å². The number of benzene rings is 1. The van der Waals surface area contributed by atoms with Crippen LogP contribution in [0.3, 0.4) is 0 Å². The molecule has 8 nitrogen and oxygen atoms in total. The Balaban J connectivity index is 1.29. The van der Waals surface area contributed by atoms with Gasteiger partial charge in [-0.2, -0.15) is 0 Å². The Morgan fingerprint density at radius 3 is 2.69 bits per heavy atom. The van der Waals surface area contributed by atoms with Gasteiger partial charge in [-0.05, 0) is 68.4 Å². The zero-order chi connectivity index (χ0) is 22.1. The van der Waals surface area contributed by atoms with Gasteiger partial charge in [-0.3, -0.25) is 9.59 Å². The maximum atomic E-state index is 13.1. The Hall–Kier alpha value is -2.85. The molecule has 2 aromatic heterocycles. The summed E-state index contributed by atoms with van der Waals surface area (Å²) in [4.78, 5) is 30.2. The fourth-order valence-corrected chi connectivity index (χ4v) is 5.71. The van der Waals surface area contributed by atoms with Crippen molar-refractivity contribution in [2.45, 2.75) is 49.6 Å². The summed E-state index contributed by atoms with van der Waals surface area (Å²) in [6.45, 7) is 0. The average molecular weight is 470 g/mol. The molecule has 0 saturated heterocycles. The number of amides is 2. The highest BCUT2D eigenvalue weighted by Gasteiger charge is 2.28. The molecule has 32 heavy (non-hydrogen) atoms. The molecule has 0 bridgehead atoms. The number of aryl methyl sites for hydroxylation is 1. The lowest BCUT2D eigenvalue weighted by Crippen LogP contribution is -2.19. The molecule has 2 aliphatic rings. The third-order valence-corrected chi connectivity index (χ3v) is 7.63. The molecule has 1 aromatic carbocycles. The van der Waals surface area contributed by atoms with Crippen molar-refractivity contribution in [2.24, 2.45) is 0 Å². The van der Waals surface area contributed by atoms with Crippen molar-refractivity contribution in [1.29, 1.82) is 0 Å². The Labute approximate surface area is 193 Å². The number of H-pyrrole nitrogens is 1. The summed E-state index contributed by atoms with van der Waals surface area (Å²) in [6.07, 6.45) is 6.14. The SMILES string of the molecule is O=C(CSc1nnc(C2CC2)[nH]1)Nc1sc2c(c1C(=O)Nc1ccc(O)cc1)CCCC2. The lowest BCUT2D eigenvalue weighted by molar-refractivity contribution is -0.113. The molecular formula is C22H23N5O3S2. The first-order valence-corrected chi connectivity index (χ1v) is 12.5. The number of aromatic amines is 1. The van der Waals surface area contributed by atoms with Crippen LogP contribution >= 0.6 is 23.1 Å². The highest BCUT2D eigenvalue weighted by atomic mass is 32.2. The van der Waals surface area contributed by atoms with Gasteiger partial charge < -0.3 is 20.7 Å². The van der Waals surface area contributed by atoms with E-state index >= 15 is 0 Å². The lowest BCUT2D eigenvalue weighted by atomic mass is 9.95. The molecule has 2 heterocycles. The fraction of sp³-hybridized carbons (Fsp3) is 0.364. The number of hydrogen-bond acceptors (Lipinski definition) is 7. The van der Waals surface area contributed by atoms with E-state index in [0.29, 0.717) is 27.3 Å². The molecule has 5 rings (SSSR count). The predicted octanol–water partition coefficient (Wildman–Crippen LogP) is 4.31. The standard InChI is InChI=1S/C22H23N5O3S2/c28-14-9-7-13(8-10-14)23-20(30)18-15-3-1-2-4-16(15)32-21(18)24-17(29)11-31-22-25-19(26-27-22)12-5-6-12/h7-10,12,28H,1-6,11H2,(H,23,30)(H,24,29)(H,25,26,27). The number of phenols is 1. The number of phenolic OH excluding ortho intramolecular Hbond substituents is 1. The van der Waals surface area contributed by atoms with Crippen LogP contribution in [0, 0.1) is 0 Å². The molecular weight excluding hydrogens is 446 g/mol. The number of thioether (sulfide) groups is 1. The Kier molecular flexibility index (Phi) is 5.88. The quantitative estimate of drug-likeness (QED) is 0.302. The minimum Gasteiger partial charge on any atom is -0.508 e. The van der Waals surface area contributed by atoms with Crippen LogP contribution < -0.4 is 10.6 Å². The number of anilines is 2. The number of fused-ring (bicyclic) bond motifs is 1. The Bertz CT molecular complexity index is 1150. The van der Waals surface area contributed by atoms with E-state index in [9.17, 15) is 14.7 Å². The summed E-state index contributed by atoms with van der Waals surface area (Å²) in [5.74, 6) is 1.27. The van der Waals surface area contributed by atoms with Crippen molar-refractivity contribution in [2.75, 3.05) is 16.4 Å². The van der Waals surface area contributed by atoms with Crippen molar-refractivity contribution in [1.82, 2.24) is 15.2 Å². The molecule has 3 aromatic rings. The zero-order valence-corrected chi connectivity index (χ0v) is 18.9. The van der Waals surface area contributed by atoms with Gasteiger partial charge in [-0.25, -0.2) is 0 Å². The summed E-state index contributed by atoms with van der Waals surface area (Å²) in [6, 6.07) is 6.34. The van der Waals surface area contributed by atoms with Gasteiger partial charge in [0.1, 0.15) is 16.6 Å². The molecule has 1 fully saturated rings. The largest absolute Gasteiger partial charge is 0.508 e. The smallest absolute Gasteiger partial charge is 0.258 e. The Morgan fingerprint density at radius 2 is 1.91 bits per heavy atom. The number of thiophene rings is 1. The molecule has 4 N–H and O–H groups in total. The first kappa shape index (κ1) is 21.0. The van der Waals surface area contributed by atoms with Gasteiger partial charge in [0.25, 0.3) is 5.91 Å². The number of carbonyl (C=O) groups excluding carboxylic acids is 2. The van der Waals surface area contributed by atoms with Crippen LogP contribution in [0.2, 0.25) is 0 Å². The highest BCUT2D eigenvalue weighted by Crippen LogP contribution is 2.39. The van der Waals surface area contributed by atoms with E-state index in [1.54, 1.807) is 12.1 Å². The van der Waals surface area contributed by atoms with E-state index in [2.05, 4.69) is 25.8 Å². The third-order valence-electron chi connectivity index (χ3n) is 5.56. The Morgan fingerprint density at radius 1 is 1.12 bits per heavy atom. The van der Waals surface area contributed by atoms with Crippen molar-refractivity contribution < 1.29 is 14.7 Å². The minimum atomic E-state index is -0.248. The second kappa shape index (κ2) is 8.95. The van der Waals surface area contributed by atoms with Crippen LogP contribution in [0.5, 0.6) is 5.75 Å². The number of carbonyl (C=O) groups is 2. The van der Waals surface area contributed by atoms with E-state index in [1.165, 1.54) is 40.1 Å². The van der Waals surface area contributed by atoms with Crippen LogP contribution in [-0.4, -0.2) is 37.9 Å². The maximum absolute atomic E-state index is 13.1.